The van der Waals surface area contributed by atoms with Crippen LogP contribution in [0.25, 0.3) is 0 Å². The van der Waals surface area contributed by atoms with E-state index in [0.717, 1.165) is 5.92 Å². The topological polar surface area (TPSA) is 32.3 Å². The highest BCUT2D eigenvalue weighted by Crippen LogP contribution is 2.30. The number of hydrogen-bond donors (Lipinski definition) is 2. The second-order valence-corrected chi connectivity index (χ2v) is 5.40. The maximum atomic E-state index is 9.06. The van der Waals surface area contributed by atoms with Gasteiger partial charge in [0, 0.05) is 12.1 Å². The Labute approximate surface area is 101 Å². The molecule has 0 amide bonds. The molecule has 0 bridgehead atoms. The quantitative estimate of drug-likeness (QED) is 0.625. The Bertz CT molecular complexity index is 172. The fraction of sp³-hybridized carbons (Fsp3) is 1.00. The van der Waals surface area contributed by atoms with Gasteiger partial charge in [0.05, 0.1) is 6.61 Å². The van der Waals surface area contributed by atoms with Gasteiger partial charge in [-0.3, -0.25) is 0 Å². The van der Waals surface area contributed by atoms with Gasteiger partial charge in [-0.1, -0.05) is 39.0 Å². The maximum Gasteiger partial charge on any atom is 0.0582 e. The van der Waals surface area contributed by atoms with E-state index in [4.69, 9.17) is 5.11 Å². The van der Waals surface area contributed by atoms with Gasteiger partial charge in [0.1, 0.15) is 0 Å². The Morgan fingerprint density at radius 1 is 1.25 bits per heavy atom. The number of unbranched alkanes of at least 4 members (excludes halogenated alkanes) is 3. The lowest BCUT2D eigenvalue weighted by molar-refractivity contribution is 0.227. The molecule has 0 aromatic rings. The van der Waals surface area contributed by atoms with Gasteiger partial charge in [0.25, 0.3) is 0 Å². The highest BCUT2D eigenvalue weighted by molar-refractivity contribution is 4.84. The Kier molecular flexibility index (Phi) is 7.06. The van der Waals surface area contributed by atoms with Crippen LogP contribution < -0.4 is 5.32 Å². The molecule has 96 valence electrons. The summed E-state index contributed by atoms with van der Waals surface area (Å²) in [7, 11) is 0. The van der Waals surface area contributed by atoms with Crippen molar-refractivity contribution in [3.8, 4) is 0 Å². The minimum atomic E-state index is 0.263. The monoisotopic (exact) mass is 227 g/mol. The second-order valence-electron chi connectivity index (χ2n) is 5.40. The zero-order chi connectivity index (χ0) is 11.8. The summed E-state index contributed by atoms with van der Waals surface area (Å²) in [5, 5.41) is 12.6. The number of nitrogens with one attached hydrogen (secondary N) is 1. The molecule has 0 radical (unpaired) electrons. The normalized spacial score (nSPS) is 27.2. The molecule has 2 unspecified atom stereocenters. The van der Waals surface area contributed by atoms with Crippen molar-refractivity contribution in [2.45, 2.75) is 77.3 Å². The molecular formula is C14H29NO. The molecule has 1 aliphatic rings. The Morgan fingerprint density at radius 3 is 2.75 bits per heavy atom. The van der Waals surface area contributed by atoms with Crippen LogP contribution in [0.15, 0.2) is 0 Å². The zero-order valence-corrected chi connectivity index (χ0v) is 11.0. The van der Waals surface area contributed by atoms with Gasteiger partial charge in [-0.2, -0.15) is 0 Å². The molecule has 0 spiro atoms. The number of hydrogen-bond acceptors (Lipinski definition) is 2. The molecule has 0 heterocycles. The number of aliphatic hydroxyl groups is 1. The third-order valence-corrected chi connectivity index (χ3v) is 3.86. The van der Waals surface area contributed by atoms with Crippen LogP contribution >= 0.6 is 0 Å². The van der Waals surface area contributed by atoms with Crippen LogP contribution in [0.2, 0.25) is 0 Å². The molecule has 0 saturated heterocycles. The van der Waals surface area contributed by atoms with Crippen molar-refractivity contribution < 1.29 is 5.11 Å². The Balaban J connectivity index is 2.18. The van der Waals surface area contributed by atoms with Gasteiger partial charge in [0.15, 0.2) is 0 Å². The highest BCUT2D eigenvalue weighted by Gasteiger charge is 2.27. The SMILES string of the molecule is CCCCCCC1CCCC1N[C@@H](C)CO. The molecule has 2 nitrogen and oxygen atoms in total. The molecule has 1 rings (SSSR count). The summed E-state index contributed by atoms with van der Waals surface area (Å²) in [6, 6.07) is 0.935. The first-order chi connectivity index (χ1) is 7.77. The van der Waals surface area contributed by atoms with Gasteiger partial charge < -0.3 is 10.4 Å². The lowest BCUT2D eigenvalue weighted by Gasteiger charge is -2.24. The van der Waals surface area contributed by atoms with Gasteiger partial charge in [-0.15, -0.1) is 0 Å². The van der Waals surface area contributed by atoms with Gasteiger partial charge in [0.2, 0.25) is 0 Å². The van der Waals surface area contributed by atoms with E-state index in [1.54, 1.807) is 0 Å². The Hall–Kier alpha value is -0.0800. The minimum Gasteiger partial charge on any atom is -0.395 e. The molecule has 2 heteroatoms. The molecule has 1 aliphatic carbocycles. The van der Waals surface area contributed by atoms with Gasteiger partial charge in [-0.25, -0.2) is 0 Å². The summed E-state index contributed by atoms with van der Waals surface area (Å²) in [5.41, 5.74) is 0. The Morgan fingerprint density at radius 2 is 2.06 bits per heavy atom. The van der Waals surface area contributed by atoms with Crippen molar-refractivity contribution in [3.63, 3.8) is 0 Å². The zero-order valence-electron chi connectivity index (χ0n) is 11.0. The average molecular weight is 227 g/mol. The van der Waals surface area contributed by atoms with Gasteiger partial charge in [-0.05, 0) is 32.1 Å². The van der Waals surface area contributed by atoms with E-state index < -0.39 is 0 Å². The van der Waals surface area contributed by atoms with Crippen molar-refractivity contribution in [2.24, 2.45) is 5.92 Å². The van der Waals surface area contributed by atoms with Gasteiger partial charge >= 0.3 is 0 Å². The lowest BCUT2D eigenvalue weighted by atomic mass is 9.95. The molecular weight excluding hydrogens is 198 g/mol. The first-order valence-electron chi connectivity index (χ1n) is 7.14. The van der Waals surface area contributed by atoms with Crippen molar-refractivity contribution in [1.29, 1.82) is 0 Å². The molecule has 1 fully saturated rings. The second kappa shape index (κ2) is 8.08. The van der Waals surface area contributed by atoms with E-state index in [-0.39, 0.29) is 12.6 Å². The molecule has 1 saturated carbocycles. The van der Waals surface area contributed by atoms with Crippen LogP contribution in [0.4, 0.5) is 0 Å². The first-order valence-corrected chi connectivity index (χ1v) is 7.14. The summed E-state index contributed by atoms with van der Waals surface area (Å²) < 4.78 is 0. The van der Waals surface area contributed by atoms with E-state index in [1.807, 2.05) is 0 Å². The first kappa shape index (κ1) is 14.0. The number of rotatable bonds is 8. The van der Waals surface area contributed by atoms with Crippen molar-refractivity contribution in [3.05, 3.63) is 0 Å². The van der Waals surface area contributed by atoms with Crippen LogP contribution in [0, 0.1) is 5.92 Å². The van der Waals surface area contributed by atoms with E-state index >= 15 is 0 Å². The van der Waals surface area contributed by atoms with E-state index in [9.17, 15) is 0 Å². The summed E-state index contributed by atoms with van der Waals surface area (Å²) >= 11 is 0. The smallest absolute Gasteiger partial charge is 0.0582 e. The fourth-order valence-corrected chi connectivity index (χ4v) is 2.85. The van der Waals surface area contributed by atoms with Crippen molar-refractivity contribution in [1.82, 2.24) is 5.32 Å². The molecule has 2 N–H and O–H groups in total. The molecule has 0 aromatic carbocycles. The largest absolute Gasteiger partial charge is 0.395 e. The van der Waals surface area contributed by atoms with Crippen molar-refractivity contribution in [2.75, 3.05) is 6.61 Å². The molecule has 3 atom stereocenters. The predicted octanol–water partition coefficient (Wildman–Crippen LogP) is 3.10. The predicted molar refractivity (Wildman–Crippen MR) is 69.6 cm³/mol. The van der Waals surface area contributed by atoms with Crippen molar-refractivity contribution >= 4 is 0 Å². The molecule has 16 heavy (non-hydrogen) atoms. The third-order valence-electron chi connectivity index (χ3n) is 3.86. The van der Waals surface area contributed by atoms with Crippen LogP contribution in [0.1, 0.15) is 65.2 Å². The molecule has 0 aromatic heterocycles. The minimum absolute atomic E-state index is 0.263. The lowest BCUT2D eigenvalue weighted by Crippen LogP contribution is -2.40. The van der Waals surface area contributed by atoms with E-state index in [1.165, 1.54) is 51.4 Å². The van der Waals surface area contributed by atoms with Crippen LogP contribution in [0.5, 0.6) is 0 Å². The summed E-state index contributed by atoms with van der Waals surface area (Å²) in [4.78, 5) is 0. The standard InChI is InChI=1S/C14H29NO/c1-3-4-5-6-8-13-9-7-10-14(13)15-12(2)11-16/h12-16H,3-11H2,1-2H3/t12-,13?,14?/m0/s1. The van der Waals surface area contributed by atoms with E-state index in [2.05, 4.69) is 19.2 Å². The maximum absolute atomic E-state index is 9.06. The fourth-order valence-electron chi connectivity index (χ4n) is 2.85. The summed E-state index contributed by atoms with van der Waals surface area (Å²) in [5.74, 6) is 0.867. The average Bonchev–Trinajstić information content (AvgIpc) is 2.72. The number of aliphatic hydroxyl groups excluding tert-OH is 1. The highest BCUT2D eigenvalue weighted by atomic mass is 16.3. The van der Waals surface area contributed by atoms with E-state index in [0.29, 0.717) is 6.04 Å². The van der Waals surface area contributed by atoms with Crippen LogP contribution in [-0.2, 0) is 0 Å². The van der Waals surface area contributed by atoms with Crippen LogP contribution in [-0.4, -0.2) is 23.8 Å². The summed E-state index contributed by atoms with van der Waals surface area (Å²) in [6.07, 6.45) is 11.0. The third kappa shape index (κ3) is 4.84. The summed E-state index contributed by atoms with van der Waals surface area (Å²) in [6.45, 7) is 4.61. The molecule has 0 aliphatic heterocycles. The van der Waals surface area contributed by atoms with Crippen LogP contribution in [0.3, 0.4) is 0 Å².